The molecule has 0 saturated heterocycles. The lowest BCUT2D eigenvalue weighted by molar-refractivity contribution is -0.148. The minimum atomic E-state index is -1.03. The Kier molecular flexibility index (Phi) is 7.87. The van der Waals surface area contributed by atoms with E-state index in [1.54, 1.807) is 6.20 Å². The molecular formula is C20H23ClN2O5S. The molecule has 29 heavy (non-hydrogen) atoms. The van der Waals surface area contributed by atoms with Gasteiger partial charge in [-0.15, -0.1) is 11.8 Å². The quantitative estimate of drug-likeness (QED) is 0.493. The Morgan fingerprint density at radius 3 is 2.38 bits per heavy atom. The zero-order valence-electron chi connectivity index (χ0n) is 16.5. The van der Waals surface area contributed by atoms with Crippen LogP contribution in [0.2, 0.25) is 5.02 Å². The second-order valence-corrected chi connectivity index (χ2v) is 8.77. The Bertz CT molecular complexity index is 935. The average Bonchev–Trinajstić information content (AvgIpc) is 2.65. The highest BCUT2D eigenvalue weighted by Crippen LogP contribution is 2.27. The Hall–Kier alpha value is -2.32. The smallest absolute Gasteiger partial charge is 0.306 e. The number of carboxylic acid groups (broad SMARTS) is 1. The molecule has 0 aliphatic rings. The van der Waals surface area contributed by atoms with E-state index in [1.165, 1.54) is 16.4 Å². The predicted octanol–water partition coefficient (Wildman–Crippen LogP) is 3.85. The summed E-state index contributed by atoms with van der Waals surface area (Å²) < 4.78 is 6.41. The summed E-state index contributed by atoms with van der Waals surface area (Å²) in [6.07, 6.45) is 1.21. The van der Waals surface area contributed by atoms with Crippen molar-refractivity contribution in [3.05, 3.63) is 57.0 Å². The van der Waals surface area contributed by atoms with Gasteiger partial charge in [0.15, 0.2) is 0 Å². The van der Waals surface area contributed by atoms with Gasteiger partial charge in [0.25, 0.3) is 5.56 Å². The fourth-order valence-electron chi connectivity index (χ4n) is 2.33. The summed E-state index contributed by atoms with van der Waals surface area (Å²) >= 11 is 7.65. The third-order valence-corrected chi connectivity index (χ3v) is 5.46. The second-order valence-electron chi connectivity index (χ2n) is 7.37. The standard InChI is InChI=1S/C20H23ClN2O5S/c1-20(2,3)23-19(27)18(21)15(10-22-23)29-12-14-6-4-13(5-7-14)11-28-17(26)9-8-16(24)25/h4-7,10H,8-9,11-12H2,1-3H3,(H,24,25). The Labute approximate surface area is 178 Å². The van der Waals surface area contributed by atoms with E-state index in [2.05, 4.69) is 5.10 Å². The highest BCUT2D eigenvalue weighted by atomic mass is 35.5. The summed E-state index contributed by atoms with van der Waals surface area (Å²) in [5, 5.41) is 12.9. The number of carboxylic acids is 1. The van der Waals surface area contributed by atoms with Crippen molar-refractivity contribution in [2.24, 2.45) is 0 Å². The molecule has 0 radical (unpaired) electrons. The maximum absolute atomic E-state index is 12.4. The van der Waals surface area contributed by atoms with Gasteiger partial charge in [-0.1, -0.05) is 35.9 Å². The van der Waals surface area contributed by atoms with Gasteiger partial charge in [0.2, 0.25) is 0 Å². The maximum Gasteiger partial charge on any atom is 0.306 e. The van der Waals surface area contributed by atoms with Gasteiger partial charge in [-0.05, 0) is 31.9 Å². The van der Waals surface area contributed by atoms with Gasteiger partial charge in [-0.3, -0.25) is 14.4 Å². The fraction of sp³-hybridized carbons (Fsp3) is 0.400. The fourth-order valence-corrected chi connectivity index (χ4v) is 3.48. The molecule has 0 unspecified atom stereocenters. The van der Waals surface area contributed by atoms with Gasteiger partial charge < -0.3 is 9.84 Å². The first-order valence-electron chi connectivity index (χ1n) is 8.94. The molecule has 0 spiro atoms. The van der Waals surface area contributed by atoms with E-state index in [1.807, 2.05) is 45.0 Å². The maximum atomic E-state index is 12.4. The summed E-state index contributed by atoms with van der Waals surface area (Å²) in [5.74, 6) is -0.979. The molecule has 0 saturated carbocycles. The van der Waals surface area contributed by atoms with Crippen LogP contribution in [0.5, 0.6) is 0 Å². The first-order chi connectivity index (χ1) is 13.6. The summed E-state index contributed by atoms with van der Waals surface area (Å²) in [7, 11) is 0. The van der Waals surface area contributed by atoms with Gasteiger partial charge in [0.1, 0.15) is 11.6 Å². The van der Waals surface area contributed by atoms with Crippen LogP contribution in [0.3, 0.4) is 0 Å². The molecule has 0 aliphatic heterocycles. The Morgan fingerprint density at radius 1 is 1.17 bits per heavy atom. The van der Waals surface area contributed by atoms with E-state index in [-0.39, 0.29) is 30.0 Å². The Balaban J connectivity index is 1.92. The van der Waals surface area contributed by atoms with E-state index in [9.17, 15) is 14.4 Å². The van der Waals surface area contributed by atoms with Crippen molar-refractivity contribution in [3.63, 3.8) is 0 Å². The number of esters is 1. The molecule has 1 aromatic heterocycles. The van der Waals surface area contributed by atoms with Crippen LogP contribution in [0.25, 0.3) is 0 Å². The number of nitrogens with zero attached hydrogens (tertiary/aromatic N) is 2. The molecule has 0 amide bonds. The van der Waals surface area contributed by atoms with Crippen molar-refractivity contribution >= 4 is 35.3 Å². The molecule has 1 aromatic carbocycles. The molecule has 156 valence electrons. The second kappa shape index (κ2) is 9.93. The average molecular weight is 439 g/mol. The number of rotatable bonds is 8. The number of benzene rings is 1. The van der Waals surface area contributed by atoms with Gasteiger partial charge >= 0.3 is 11.9 Å². The number of hydrogen-bond acceptors (Lipinski definition) is 6. The molecule has 1 N–H and O–H groups in total. The molecule has 0 aliphatic carbocycles. The largest absolute Gasteiger partial charge is 0.481 e. The van der Waals surface area contributed by atoms with Gasteiger partial charge in [-0.2, -0.15) is 5.10 Å². The minimum absolute atomic E-state index is 0.0899. The SMILES string of the molecule is CC(C)(C)n1ncc(SCc2ccc(COC(=O)CCC(=O)O)cc2)c(Cl)c1=O. The molecule has 9 heteroatoms. The van der Waals surface area contributed by atoms with Crippen molar-refractivity contribution in [2.45, 2.75) is 56.4 Å². The molecule has 0 atom stereocenters. The molecular weight excluding hydrogens is 416 g/mol. The van der Waals surface area contributed by atoms with E-state index in [4.69, 9.17) is 21.4 Å². The van der Waals surface area contributed by atoms with Crippen molar-refractivity contribution in [1.82, 2.24) is 9.78 Å². The molecule has 0 bridgehead atoms. The highest BCUT2D eigenvalue weighted by Gasteiger charge is 2.19. The van der Waals surface area contributed by atoms with Crippen LogP contribution in [-0.2, 0) is 32.2 Å². The number of halogens is 1. The minimum Gasteiger partial charge on any atom is -0.481 e. The molecule has 1 heterocycles. The van der Waals surface area contributed by atoms with Crippen LogP contribution in [-0.4, -0.2) is 26.8 Å². The summed E-state index contributed by atoms with van der Waals surface area (Å²) in [6, 6.07) is 7.45. The van der Waals surface area contributed by atoms with Crippen molar-refractivity contribution in [1.29, 1.82) is 0 Å². The molecule has 2 aromatic rings. The predicted molar refractivity (Wildman–Crippen MR) is 111 cm³/mol. The number of carbonyl (C=O) groups is 2. The van der Waals surface area contributed by atoms with E-state index < -0.39 is 17.5 Å². The molecule has 7 nitrogen and oxygen atoms in total. The van der Waals surface area contributed by atoms with Crippen molar-refractivity contribution in [2.75, 3.05) is 0 Å². The van der Waals surface area contributed by atoms with Gasteiger partial charge in [0, 0.05) is 5.75 Å². The van der Waals surface area contributed by atoms with Crippen molar-refractivity contribution in [3.8, 4) is 0 Å². The number of thioether (sulfide) groups is 1. The number of hydrogen-bond donors (Lipinski definition) is 1. The van der Waals surface area contributed by atoms with E-state index >= 15 is 0 Å². The van der Waals surface area contributed by atoms with Crippen LogP contribution in [0.4, 0.5) is 0 Å². The van der Waals surface area contributed by atoms with Crippen LogP contribution in [0.1, 0.15) is 44.7 Å². The molecule has 2 rings (SSSR count). The van der Waals surface area contributed by atoms with Gasteiger partial charge in [-0.25, -0.2) is 4.68 Å². The number of aromatic nitrogens is 2. The van der Waals surface area contributed by atoms with Crippen molar-refractivity contribution < 1.29 is 19.4 Å². The lowest BCUT2D eigenvalue weighted by atomic mass is 10.1. The summed E-state index contributed by atoms with van der Waals surface area (Å²) in [4.78, 5) is 34.9. The van der Waals surface area contributed by atoms with Crippen LogP contribution in [0.15, 0.2) is 40.2 Å². The van der Waals surface area contributed by atoms with Crippen LogP contribution >= 0.6 is 23.4 Å². The van der Waals surface area contributed by atoms with E-state index in [0.717, 1.165) is 11.1 Å². The zero-order chi connectivity index (χ0) is 21.6. The van der Waals surface area contributed by atoms with Gasteiger partial charge in [0.05, 0.1) is 29.5 Å². The zero-order valence-corrected chi connectivity index (χ0v) is 18.0. The monoisotopic (exact) mass is 438 g/mol. The topological polar surface area (TPSA) is 98.5 Å². The first-order valence-corrected chi connectivity index (χ1v) is 10.3. The summed E-state index contributed by atoms with van der Waals surface area (Å²) in [5.41, 5.74) is 1.04. The lowest BCUT2D eigenvalue weighted by Gasteiger charge is -2.21. The van der Waals surface area contributed by atoms with Crippen LogP contribution < -0.4 is 5.56 Å². The normalized spacial score (nSPS) is 11.3. The first kappa shape index (κ1) is 23.0. The highest BCUT2D eigenvalue weighted by molar-refractivity contribution is 7.98. The number of ether oxygens (including phenoxy) is 1. The summed E-state index contributed by atoms with van der Waals surface area (Å²) in [6.45, 7) is 5.74. The van der Waals surface area contributed by atoms with Crippen LogP contribution in [0, 0.1) is 0 Å². The molecule has 0 fully saturated rings. The number of aliphatic carboxylic acids is 1. The lowest BCUT2D eigenvalue weighted by Crippen LogP contribution is -2.36. The third kappa shape index (κ3) is 6.90. The number of carbonyl (C=O) groups excluding carboxylic acids is 1. The van der Waals surface area contributed by atoms with E-state index in [0.29, 0.717) is 10.6 Å². The Morgan fingerprint density at radius 2 is 1.79 bits per heavy atom. The third-order valence-electron chi connectivity index (χ3n) is 3.88.